The van der Waals surface area contributed by atoms with Crippen molar-refractivity contribution in [2.75, 3.05) is 19.0 Å². The summed E-state index contributed by atoms with van der Waals surface area (Å²) in [7, 11) is 1.31. The van der Waals surface area contributed by atoms with Crippen LogP contribution in [0.1, 0.15) is 21.5 Å². The lowest BCUT2D eigenvalue weighted by molar-refractivity contribution is -0.120. The maximum Gasteiger partial charge on any atom is 0.337 e. The number of hydrogen-bond donors (Lipinski definition) is 1. The molecule has 0 saturated heterocycles. The van der Waals surface area contributed by atoms with Crippen LogP contribution in [0.25, 0.3) is 0 Å². The van der Waals surface area contributed by atoms with E-state index in [0.717, 1.165) is 11.1 Å². The first-order valence-electron chi connectivity index (χ1n) is 7.29. The summed E-state index contributed by atoms with van der Waals surface area (Å²) in [6.45, 7) is 1.76. The molecule has 0 aliphatic rings. The predicted molar refractivity (Wildman–Crippen MR) is 91.1 cm³/mol. The third-order valence-corrected chi connectivity index (χ3v) is 3.24. The van der Waals surface area contributed by atoms with E-state index in [4.69, 9.17) is 4.84 Å². The highest BCUT2D eigenvalue weighted by Gasteiger charge is 2.06. The average Bonchev–Trinajstić information content (AvgIpc) is 2.60. The Balaban J connectivity index is 1.81. The molecule has 0 spiro atoms. The van der Waals surface area contributed by atoms with E-state index in [1.165, 1.54) is 7.11 Å². The Labute approximate surface area is 140 Å². The average molecular weight is 326 g/mol. The molecule has 0 aliphatic heterocycles. The molecule has 0 saturated carbocycles. The molecule has 0 aliphatic carbocycles. The van der Waals surface area contributed by atoms with Crippen LogP contribution in [0, 0.1) is 6.92 Å². The van der Waals surface area contributed by atoms with Crippen LogP contribution in [0.4, 0.5) is 5.69 Å². The minimum absolute atomic E-state index is 0.207. The number of aryl methyl sites for hydroxylation is 1. The molecule has 124 valence electrons. The van der Waals surface area contributed by atoms with E-state index in [1.54, 1.807) is 30.5 Å². The maximum atomic E-state index is 11.8. The Morgan fingerprint density at radius 3 is 2.50 bits per heavy atom. The summed E-state index contributed by atoms with van der Waals surface area (Å²) in [4.78, 5) is 28.1. The van der Waals surface area contributed by atoms with Gasteiger partial charge in [0, 0.05) is 5.69 Å². The molecule has 2 aromatic carbocycles. The van der Waals surface area contributed by atoms with Crippen LogP contribution in [-0.4, -0.2) is 31.8 Å². The van der Waals surface area contributed by atoms with Gasteiger partial charge in [0.15, 0.2) is 6.61 Å². The zero-order valence-electron chi connectivity index (χ0n) is 13.5. The Morgan fingerprint density at radius 2 is 1.83 bits per heavy atom. The van der Waals surface area contributed by atoms with E-state index in [-0.39, 0.29) is 12.5 Å². The van der Waals surface area contributed by atoms with Crippen LogP contribution in [0.15, 0.2) is 53.7 Å². The number of methoxy groups -OCH3 is 1. The quantitative estimate of drug-likeness (QED) is 0.503. The highest BCUT2D eigenvalue weighted by Crippen LogP contribution is 2.10. The molecule has 0 atom stereocenters. The number of anilines is 1. The third kappa shape index (κ3) is 4.95. The molecule has 0 heterocycles. The maximum absolute atomic E-state index is 11.8. The Bertz CT molecular complexity index is 739. The first kappa shape index (κ1) is 17.2. The minimum atomic E-state index is -0.429. The fourth-order valence-electron chi connectivity index (χ4n) is 1.93. The zero-order chi connectivity index (χ0) is 17.4. The van der Waals surface area contributed by atoms with Gasteiger partial charge in [0.25, 0.3) is 5.91 Å². The fourth-order valence-corrected chi connectivity index (χ4v) is 1.93. The van der Waals surface area contributed by atoms with Crippen LogP contribution in [0.2, 0.25) is 0 Å². The number of amides is 1. The van der Waals surface area contributed by atoms with Gasteiger partial charge in [-0.2, -0.15) is 0 Å². The Kier molecular flexibility index (Phi) is 6.08. The van der Waals surface area contributed by atoms with Crippen LogP contribution in [0.3, 0.4) is 0 Å². The van der Waals surface area contributed by atoms with Gasteiger partial charge in [-0.05, 0) is 42.3 Å². The van der Waals surface area contributed by atoms with Crippen molar-refractivity contribution in [3.63, 3.8) is 0 Å². The molecule has 6 heteroatoms. The van der Waals surface area contributed by atoms with Gasteiger partial charge < -0.3 is 14.9 Å². The van der Waals surface area contributed by atoms with Gasteiger partial charge in [0.2, 0.25) is 0 Å². The van der Waals surface area contributed by atoms with E-state index in [2.05, 4.69) is 15.2 Å². The van der Waals surface area contributed by atoms with E-state index in [1.807, 2.05) is 31.2 Å². The van der Waals surface area contributed by atoms with Gasteiger partial charge in [-0.1, -0.05) is 29.4 Å². The van der Waals surface area contributed by atoms with E-state index >= 15 is 0 Å². The number of esters is 1. The van der Waals surface area contributed by atoms with Gasteiger partial charge in [0.1, 0.15) is 0 Å². The zero-order valence-corrected chi connectivity index (χ0v) is 13.5. The van der Waals surface area contributed by atoms with Gasteiger partial charge in [0.05, 0.1) is 18.9 Å². The number of benzene rings is 2. The Hall–Kier alpha value is -3.15. The van der Waals surface area contributed by atoms with Crippen LogP contribution in [-0.2, 0) is 14.4 Å². The number of carbonyl (C=O) groups excluding carboxylic acids is 2. The molecule has 6 nitrogen and oxygen atoms in total. The smallest absolute Gasteiger partial charge is 0.337 e. The van der Waals surface area contributed by atoms with Crippen molar-refractivity contribution in [1.29, 1.82) is 0 Å². The highest BCUT2D eigenvalue weighted by molar-refractivity contribution is 5.93. The second-order valence-electron chi connectivity index (χ2n) is 4.98. The standard InChI is InChI=1S/C18H18N2O4/c1-13-5-3-4-6-15(13)11-19-24-12-17(21)20-16-9-7-14(8-10-16)18(22)23-2/h3-11H,12H2,1-2H3,(H,20,21)/b19-11-. The Morgan fingerprint density at radius 1 is 1.12 bits per heavy atom. The molecular formula is C18H18N2O4. The van der Waals surface area contributed by atoms with Crippen molar-refractivity contribution in [3.8, 4) is 0 Å². The molecule has 0 radical (unpaired) electrons. The lowest BCUT2D eigenvalue weighted by Gasteiger charge is -2.05. The van der Waals surface area contributed by atoms with Gasteiger partial charge in [-0.15, -0.1) is 0 Å². The monoisotopic (exact) mass is 326 g/mol. The van der Waals surface area contributed by atoms with Crippen LogP contribution < -0.4 is 5.32 Å². The van der Waals surface area contributed by atoms with Crippen molar-refractivity contribution in [2.45, 2.75) is 6.92 Å². The molecule has 24 heavy (non-hydrogen) atoms. The topological polar surface area (TPSA) is 77.0 Å². The van der Waals surface area contributed by atoms with Crippen molar-refractivity contribution >= 4 is 23.8 Å². The molecule has 2 aromatic rings. The van der Waals surface area contributed by atoms with Crippen molar-refractivity contribution < 1.29 is 19.2 Å². The molecule has 0 bridgehead atoms. The second kappa shape index (κ2) is 8.47. The lowest BCUT2D eigenvalue weighted by atomic mass is 10.1. The molecule has 0 aromatic heterocycles. The van der Waals surface area contributed by atoms with Gasteiger partial charge in [-0.25, -0.2) is 4.79 Å². The van der Waals surface area contributed by atoms with Gasteiger partial charge >= 0.3 is 5.97 Å². The highest BCUT2D eigenvalue weighted by atomic mass is 16.6. The summed E-state index contributed by atoms with van der Waals surface area (Å²) in [6.07, 6.45) is 1.56. The van der Waals surface area contributed by atoms with E-state index in [9.17, 15) is 9.59 Å². The first-order valence-corrected chi connectivity index (χ1v) is 7.29. The molecule has 2 rings (SSSR count). The number of oxime groups is 1. The third-order valence-electron chi connectivity index (χ3n) is 3.24. The molecule has 1 amide bonds. The summed E-state index contributed by atoms with van der Waals surface area (Å²) in [5.41, 5.74) is 2.96. The molecular weight excluding hydrogens is 308 g/mol. The first-order chi connectivity index (χ1) is 11.6. The van der Waals surface area contributed by atoms with E-state index < -0.39 is 5.97 Å². The summed E-state index contributed by atoms with van der Waals surface area (Å²) in [5.74, 6) is -0.774. The van der Waals surface area contributed by atoms with Crippen molar-refractivity contribution in [3.05, 3.63) is 65.2 Å². The molecule has 1 N–H and O–H groups in total. The lowest BCUT2D eigenvalue weighted by Crippen LogP contribution is -2.17. The number of rotatable bonds is 6. The summed E-state index contributed by atoms with van der Waals surface area (Å²) < 4.78 is 4.61. The van der Waals surface area contributed by atoms with Crippen LogP contribution in [0.5, 0.6) is 0 Å². The normalized spacial score (nSPS) is 10.4. The predicted octanol–water partition coefficient (Wildman–Crippen LogP) is 2.77. The largest absolute Gasteiger partial charge is 0.465 e. The minimum Gasteiger partial charge on any atom is -0.465 e. The molecule has 0 fully saturated rings. The van der Waals surface area contributed by atoms with Crippen LogP contribution >= 0.6 is 0 Å². The van der Waals surface area contributed by atoms with Gasteiger partial charge in [-0.3, -0.25) is 4.79 Å². The van der Waals surface area contributed by atoms with Crippen molar-refractivity contribution in [1.82, 2.24) is 0 Å². The van der Waals surface area contributed by atoms with E-state index in [0.29, 0.717) is 11.3 Å². The number of ether oxygens (including phenoxy) is 1. The number of nitrogens with zero attached hydrogens (tertiary/aromatic N) is 1. The number of hydrogen-bond acceptors (Lipinski definition) is 5. The number of nitrogens with one attached hydrogen (secondary N) is 1. The summed E-state index contributed by atoms with van der Waals surface area (Å²) in [5, 5.41) is 6.43. The molecule has 0 unspecified atom stereocenters. The fraction of sp³-hybridized carbons (Fsp3) is 0.167. The number of carbonyl (C=O) groups is 2. The van der Waals surface area contributed by atoms with Crippen molar-refractivity contribution in [2.24, 2.45) is 5.16 Å². The summed E-state index contributed by atoms with van der Waals surface area (Å²) in [6, 6.07) is 14.1. The summed E-state index contributed by atoms with van der Waals surface area (Å²) >= 11 is 0. The second-order valence-corrected chi connectivity index (χ2v) is 4.98. The SMILES string of the molecule is COC(=O)c1ccc(NC(=O)CO/N=C\c2ccccc2C)cc1.